The van der Waals surface area contributed by atoms with Crippen LogP contribution in [0.1, 0.15) is 32.3 Å². The highest BCUT2D eigenvalue weighted by Gasteiger charge is 2.21. The second kappa shape index (κ2) is 9.85. The third kappa shape index (κ3) is 5.79. The third-order valence-electron chi connectivity index (χ3n) is 4.25. The molecular weight excluding hydrogens is 334 g/mol. The molecule has 1 aliphatic heterocycles. The number of piperidine rings is 1. The summed E-state index contributed by atoms with van der Waals surface area (Å²) < 4.78 is 15.8. The summed E-state index contributed by atoms with van der Waals surface area (Å²) in [4.78, 5) is 25.7. The van der Waals surface area contributed by atoms with E-state index in [4.69, 9.17) is 14.2 Å². The van der Waals surface area contributed by atoms with Gasteiger partial charge in [-0.15, -0.1) is 0 Å². The summed E-state index contributed by atoms with van der Waals surface area (Å²) in [5.41, 5.74) is 0.776. The Morgan fingerprint density at radius 2 is 2.12 bits per heavy atom. The molecule has 1 aromatic carbocycles. The summed E-state index contributed by atoms with van der Waals surface area (Å²) in [6.45, 7) is 5.82. The van der Waals surface area contributed by atoms with Crippen molar-refractivity contribution < 1.29 is 23.8 Å². The van der Waals surface area contributed by atoms with E-state index in [0.717, 1.165) is 31.5 Å². The molecule has 1 unspecified atom stereocenters. The molecule has 142 valence electrons. The smallest absolute Gasteiger partial charge is 0.331 e. The van der Waals surface area contributed by atoms with E-state index in [-0.39, 0.29) is 12.5 Å². The maximum Gasteiger partial charge on any atom is 0.331 e. The SMILES string of the molecule is CCOc1ccc(/C=C/C(=O)OCC(=O)N2CCCC(C)C2)cc1OC. The highest BCUT2D eigenvalue weighted by molar-refractivity contribution is 5.89. The minimum Gasteiger partial charge on any atom is -0.493 e. The van der Waals surface area contributed by atoms with Crippen LogP contribution >= 0.6 is 0 Å². The third-order valence-corrected chi connectivity index (χ3v) is 4.25. The van der Waals surface area contributed by atoms with Gasteiger partial charge in [-0.1, -0.05) is 13.0 Å². The summed E-state index contributed by atoms with van der Waals surface area (Å²) in [5.74, 6) is 1.06. The molecule has 0 bridgehead atoms. The van der Waals surface area contributed by atoms with Crippen LogP contribution in [0.15, 0.2) is 24.3 Å². The molecule has 1 atom stereocenters. The second-order valence-corrected chi connectivity index (χ2v) is 6.37. The molecule has 0 spiro atoms. The number of likely N-dealkylation sites (tertiary alicyclic amines) is 1. The lowest BCUT2D eigenvalue weighted by Gasteiger charge is -2.30. The van der Waals surface area contributed by atoms with Gasteiger partial charge in [0.2, 0.25) is 0 Å². The van der Waals surface area contributed by atoms with Gasteiger partial charge in [0.15, 0.2) is 18.1 Å². The predicted octanol–water partition coefficient (Wildman–Crippen LogP) is 2.91. The lowest BCUT2D eigenvalue weighted by atomic mass is 10.0. The van der Waals surface area contributed by atoms with E-state index in [2.05, 4.69) is 6.92 Å². The average molecular weight is 361 g/mol. The first kappa shape index (κ1) is 19.8. The Morgan fingerprint density at radius 1 is 1.31 bits per heavy atom. The molecule has 1 saturated heterocycles. The van der Waals surface area contributed by atoms with Gasteiger partial charge in [-0.3, -0.25) is 4.79 Å². The van der Waals surface area contributed by atoms with Crippen LogP contribution < -0.4 is 9.47 Å². The molecule has 1 amide bonds. The summed E-state index contributed by atoms with van der Waals surface area (Å²) in [6, 6.07) is 5.38. The van der Waals surface area contributed by atoms with E-state index in [0.29, 0.717) is 24.0 Å². The van der Waals surface area contributed by atoms with Gasteiger partial charge in [0.25, 0.3) is 5.91 Å². The Labute approximate surface area is 154 Å². The minimum absolute atomic E-state index is 0.138. The summed E-state index contributed by atoms with van der Waals surface area (Å²) >= 11 is 0. The molecule has 1 aromatic rings. The van der Waals surface area contributed by atoms with Crippen LogP contribution in [-0.2, 0) is 14.3 Å². The van der Waals surface area contributed by atoms with Crippen LogP contribution in [0.3, 0.4) is 0 Å². The number of carbonyl (C=O) groups excluding carboxylic acids is 2. The van der Waals surface area contributed by atoms with Crippen molar-refractivity contribution in [3.05, 3.63) is 29.8 Å². The van der Waals surface area contributed by atoms with Gasteiger partial charge < -0.3 is 19.1 Å². The first-order chi connectivity index (χ1) is 12.5. The summed E-state index contributed by atoms with van der Waals surface area (Å²) in [6.07, 6.45) is 5.06. The number of carbonyl (C=O) groups is 2. The fourth-order valence-corrected chi connectivity index (χ4v) is 2.92. The lowest BCUT2D eigenvalue weighted by Crippen LogP contribution is -2.41. The normalized spacial score (nSPS) is 17.2. The number of hydrogen-bond acceptors (Lipinski definition) is 5. The van der Waals surface area contributed by atoms with Crippen molar-refractivity contribution in [3.8, 4) is 11.5 Å². The predicted molar refractivity (Wildman–Crippen MR) is 99.1 cm³/mol. The largest absolute Gasteiger partial charge is 0.493 e. The Kier molecular flexibility index (Phi) is 7.51. The minimum atomic E-state index is -0.545. The number of amides is 1. The fourth-order valence-electron chi connectivity index (χ4n) is 2.92. The van der Waals surface area contributed by atoms with Crippen LogP contribution in [-0.4, -0.2) is 50.2 Å². The zero-order valence-corrected chi connectivity index (χ0v) is 15.7. The summed E-state index contributed by atoms with van der Waals surface area (Å²) in [5, 5.41) is 0. The van der Waals surface area contributed by atoms with Crippen LogP contribution in [0, 0.1) is 5.92 Å². The van der Waals surface area contributed by atoms with Gasteiger partial charge in [0, 0.05) is 19.2 Å². The number of rotatable bonds is 7. The molecule has 1 heterocycles. The van der Waals surface area contributed by atoms with Crippen LogP contribution in [0.25, 0.3) is 6.08 Å². The molecule has 0 saturated carbocycles. The number of nitrogens with zero attached hydrogens (tertiary/aromatic N) is 1. The standard InChI is InChI=1S/C20H27NO5/c1-4-25-17-9-7-16(12-18(17)24-3)8-10-20(23)26-14-19(22)21-11-5-6-15(2)13-21/h7-10,12,15H,4-6,11,13-14H2,1-3H3/b10-8+. The van der Waals surface area contributed by atoms with Crippen molar-refractivity contribution in [2.75, 3.05) is 33.4 Å². The van der Waals surface area contributed by atoms with Gasteiger partial charge in [-0.05, 0) is 49.5 Å². The topological polar surface area (TPSA) is 65.1 Å². The van der Waals surface area contributed by atoms with Gasteiger partial charge >= 0.3 is 5.97 Å². The van der Waals surface area contributed by atoms with Crippen molar-refractivity contribution in [1.29, 1.82) is 0 Å². The molecule has 1 fully saturated rings. The average Bonchev–Trinajstić information content (AvgIpc) is 2.65. The highest BCUT2D eigenvalue weighted by atomic mass is 16.5. The molecule has 0 aliphatic carbocycles. The summed E-state index contributed by atoms with van der Waals surface area (Å²) in [7, 11) is 1.56. The van der Waals surface area contributed by atoms with Gasteiger partial charge in [0.1, 0.15) is 0 Å². The van der Waals surface area contributed by atoms with Crippen LogP contribution in [0.4, 0.5) is 0 Å². The van der Waals surface area contributed by atoms with E-state index in [1.807, 2.05) is 13.0 Å². The van der Waals surface area contributed by atoms with E-state index >= 15 is 0 Å². The first-order valence-electron chi connectivity index (χ1n) is 8.97. The highest BCUT2D eigenvalue weighted by Crippen LogP contribution is 2.28. The maximum absolute atomic E-state index is 12.1. The zero-order valence-electron chi connectivity index (χ0n) is 15.7. The van der Waals surface area contributed by atoms with Gasteiger partial charge in [-0.2, -0.15) is 0 Å². The number of ether oxygens (including phenoxy) is 3. The molecule has 6 nitrogen and oxygen atoms in total. The molecule has 6 heteroatoms. The first-order valence-corrected chi connectivity index (χ1v) is 8.97. The quantitative estimate of drug-likeness (QED) is 0.552. The Morgan fingerprint density at radius 3 is 2.81 bits per heavy atom. The molecular formula is C20H27NO5. The Balaban J connectivity index is 1.86. The Hall–Kier alpha value is -2.50. The van der Waals surface area contributed by atoms with E-state index < -0.39 is 5.97 Å². The van der Waals surface area contributed by atoms with Crippen LogP contribution in [0.2, 0.25) is 0 Å². The monoisotopic (exact) mass is 361 g/mol. The fraction of sp³-hybridized carbons (Fsp3) is 0.500. The van der Waals surface area contributed by atoms with E-state index in [9.17, 15) is 9.59 Å². The van der Waals surface area contributed by atoms with E-state index in [1.54, 1.807) is 30.2 Å². The molecule has 0 N–H and O–H groups in total. The van der Waals surface area contributed by atoms with E-state index in [1.165, 1.54) is 6.08 Å². The van der Waals surface area contributed by atoms with Crippen LogP contribution in [0.5, 0.6) is 11.5 Å². The molecule has 0 radical (unpaired) electrons. The zero-order chi connectivity index (χ0) is 18.9. The van der Waals surface area contributed by atoms with Gasteiger partial charge in [0.05, 0.1) is 13.7 Å². The lowest BCUT2D eigenvalue weighted by molar-refractivity contribution is -0.149. The van der Waals surface area contributed by atoms with Crippen molar-refractivity contribution in [2.24, 2.45) is 5.92 Å². The number of esters is 1. The van der Waals surface area contributed by atoms with Gasteiger partial charge in [-0.25, -0.2) is 4.79 Å². The van der Waals surface area contributed by atoms with Crippen molar-refractivity contribution >= 4 is 18.0 Å². The number of benzene rings is 1. The van der Waals surface area contributed by atoms with Crippen molar-refractivity contribution in [3.63, 3.8) is 0 Å². The Bertz CT molecular complexity index is 656. The maximum atomic E-state index is 12.1. The number of hydrogen-bond donors (Lipinski definition) is 0. The molecule has 0 aromatic heterocycles. The molecule has 2 rings (SSSR count). The second-order valence-electron chi connectivity index (χ2n) is 6.37. The molecule has 26 heavy (non-hydrogen) atoms. The van der Waals surface area contributed by atoms with Crippen molar-refractivity contribution in [1.82, 2.24) is 4.90 Å². The molecule has 1 aliphatic rings. The van der Waals surface area contributed by atoms with Crippen molar-refractivity contribution in [2.45, 2.75) is 26.7 Å². The number of methoxy groups -OCH3 is 1.